The molecule has 0 aliphatic carbocycles. The number of carbonyl (C=O) groups is 2. The van der Waals surface area contributed by atoms with Crippen LogP contribution in [0.5, 0.6) is 5.75 Å². The van der Waals surface area contributed by atoms with E-state index in [1.807, 2.05) is 6.92 Å². The summed E-state index contributed by atoms with van der Waals surface area (Å²) in [7, 11) is 0. The van der Waals surface area contributed by atoms with Crippen molar-refractivity contribution in [3.8, 4) is 5.75 Å². The fraction of sp³-hybridized carbons (Fsp3) is 0.389. The van der Waals surface area contributed by atoms with Gasteiger partial charge < -0.3 is 15.2 Å². The number of aromatic nitrogens is 2. The third kappa shape index (κ3) is 6.00. The molecule has 10 heteroatoms. The molecule has 0 fully saturated rings. The lowest BCUT2D eigenvalue weighted by Crippen LogP contribution is -2.26. The Morgan fingerprint density at radius 1 is 1.29 bits per heavy atom. The average Bonchev–Trinajstić information content (AvgIpc) is 3.10. The van der Waals surface area contributed by atoms with Gasteiger partial charge in [0.15, 0.2) is 5.75 Å². The van der Waals surface area contributed by atoms with Crippen LogP contribution >= 0.6 is 0 Å². The molecule has 0 saturated carbocycles. The van der Waals surface area contributed by atoms with Crippen LogP contribution in [0.2, 0.25) is 0 Å². The van der Waals surface area contributed by atoms with Crippen molar-refractivity contribution in [2.24, 2.45) is 0 Å². The zero-order valence-corrected chi connectivity index (χ0v) is 15.1. The lowest BCUT2D eigenvalue weighted by atomic mass is 10.0. The zero-order valence-electron chi connectivity index (χ0n) is 15.1. The molecule has 1 unspecified atom stereocenters. The van der Waals surface area contributed by atoms with Crippen molar-refractivity contribution in [3.63, 3.8) is 0 Å². The fourth-order valence-electron chi connectivity index (χ4n) is 2.46. The van der Waals surface area contributed by atoms with E-state index in [1.54, 1.807) is 24.3 Å². The van der Waals surface area contributed by atoms with Gasteiger partial charge in [-0.2, -0.15) is 9.78 Å². The first kappa shape index (κ1) is 21.3. The monoisotopic (exact) mass is 399 g/mol. The van der Waals surface area contributed by atoms with E-state index in [0.717, 1.165) is 18.8 Å². The molecule has 2 rings (SSSR count). The van der Waals surface area contributed by atoms with Crippen molar-refractivity contribution in [1.82, 2.24) is 15.1 Å². The second-order valence-corrected chi connectivity index (χ2v) is 6.01. The number of ether oxygens (including phenoxy) is 1. The number of carboxylic acids is 1. The smallest absolute Gasteiger partial charge is 0.482 e. The molecular formula is C18H20F3N3O4. The first-order valence-corrected chi connectivity index (χ1v) is 8.59. The van der Waals surface area contributed by atoms with Crippen molar-refractivity contribution in [3.05, 3.63) is 47.8 Å². The number of benzene rings is 1. The molecule has 1 heterocycles. The number of halogens is 3. The summed E-state index contributed by atoms with van der Waals surface area (Å²) in [6, 6.07) is 6.41. The summed E-state index contributed by atoms with van der Waals surface area (Å²) in [6.07, 6.45) is -2.23. The van der Waals surface area contributed by atoms with E-state index < -0.39 is 24.3 Å². The van der Waals surface area contributed by atoms with Gasteiger partial charge in [0.2, 0.25) is 0 Å². The molecule has 2 aromatic rings. The first-order chi connectivity index (χ1) is 13.2. The molecule has 0 saturated heterocycles. The third-order valence-electron chi connectivity index (χ3n) is 3.82. The minimum Gasteiger partial charge on any atom is -0.482 e. The van der Waals surface area contributed by atoms with E-state index in [4.69, 9.17) is 9.84 Å². The van der Waals surface area contributed by atoms with Crippen LogP contribution in [0.15, 0.2) is 36.7 Å². The highest BCUT2D eigenvalue weighted by Crippen LogP contribution is 2.28. The zero-order chi connectivity index (χ0) is 20.7. The van der Waals surface area contributed by atoms with E-state index in [0.29, 0.717) is 17.5 Å². The Kier molecular flexibility index (Phi) is 7.02. The van der Waals surface area contributed by atoms with Gasteiger partial charge in [0.1, 0.15) is 6.10 Å². The number of nitrogens with zero attached hydrogens (tertiary/aromatic N) is 2. The Morgan fingerprint density at radius 3 is 2.50 bits per heavy atom. The van der Waals surface area contributed by atoms with Gasteiger partial charge in [0.05, 0.1) is 18.8 Å². The summed E-state index contributed by atoms with van der Waals surface area (Å²) in [5, 5.41) is 14.3. The van der Waals surface area contributed by atoms with E-state index in [-0.39, 0.29) is 23.4 Å². The standard InChI is InChI=1S/C18H20F3N3O4/c1-2-3-15(28-14-10-23-24(11-14)18(19,20)21)12-4-6-13(7-5-12)17(27)22-9-8-16(25)26/h4-7,10-11,15H,2-3,8-9H2,1H3,(H,22,27)(H,25,26). The molecule has 0 bridgehead atoms. The van der Waals surface area contributed by atoms with Gasteiger partial charge in [-0.15, -0.1) is 13.2 Å². The summed E-state index contributed by atoms with van der Waals surface area (Å²) >= 11 is 0. The minimum absolute atomic E-state index is 0.00809. The van der Waals surface area contributed by atoms with Crippen molar-refractivity contribution in [1.29, 1.82) is 0 Å². The van der Waals surface area contributed by atoms with Gasteiger partial charge in [-0.05, 0) is 24.1 Å². The van der Waals surface area contributed by atoms with Crippen molar-refractivity contribution >= 4 is 11.9 Å². The van der Waals surface area contributed by atoms with Gasteiger partial charge in [-0.1, -0.05) is 25.5 Å². The van der Waals surface area contributed by atoms with E-state index >= 15 is 0 Å². The van der Waals surface area contributed by atoms with Crippen molar-refractivity contribution < 1.29 is 32.6 Å². The van der Waals surface area contributed by atoms with Gasteiger partial charge in [0.25, 0.3) is 5.91 Å². The molecule has 0 radical (unpaired) electrons. The Balaban J connectivity index is 2.06. The van der Waals surface area contributed by atoms with Crippen molar-refractivity contribution in [2.45, 2.75) is 38.6 Å². The molecule has 1 amide bonds. The molecule has 1 atom stereocenters. The van der Waals surface area contributed by atoms with E-state index in [2.05, 4.69) is 10.4 Å². The quantitative estimate of drug-likeness (QED) is 0.673. The lowest BCUT2D eigenvalue weighted by Gasteiger charge is -2.18. The maximum atomic E-state index is 12.6. The predicted octanol–water partition coefficient (Wildman–Crippen LogP) is 3.48. The van der Waals surface area contributed by atoms with Crippen LogP contribution in [0.3, 0.4) is 0 Å². The maximum absolute atomic E-state index is 12.6. The summed E-state index contributed by atoms with van der Waals surface area (Å²) in [4.78, 5) is 22.4. The van der Waals surface area contributed by atoms with Crippen LogP contribution in [0.1, 0.15) is 48.2 Å². The summed E-state index contributed by atoms with van der Waals surface area (Å²) in [5.74, 6) is -1.43. The topological polar surface area (TPSA) is 93.5 Å². The molecule has 1 aromatic carbocycles. The van der Waals surface area contributed by atoms with E-state index in [9.17, 15) is 22.8 Å². The second-order valence-electron chi connectivity index (χ2n) is 6.01. The van der Waals surface area contributed by atoms with Crippen LogP contribution in [-0.2, 0) is 11.1 Å². The number of hydrogen-bond donors (Lipinski definition) is 2. The fourth-order valence-corrected chi connectivity index (χ4v) is 2.46. The highest BCUT2D eigenvalue weighted by Gasteiger charge is 2.32. The Hall–Kier alpha value is -3.04. The largest absolute Gasteiger partial charge is 0.504 e. The number of aliphatic carboxylic acids is 1. The molecule has 1 aromatic heterocycles. The maximum Gasteiger partial charge on any atom is 0.504 e. The highest BCUT2D eigenvalue weighted by atomic mass is 19.4. The van der Waals surface area contributed by atoms with Crippen LogP contribution < -0.4 is 10.1 Å². The third-order valence-corrected chi connectivity index (χ3v) is 3.82. The predicted molar refractivity (Wildman–Crippen MR) is 92.8 cm³/mol. The van der Waals surface area contributed by atoms with Crippen LogP contribution in [0, 0.1) is 0 Å². The second kappa shape index (κ2) is 9.25. The van der Waals surface area contributed by atoms with Gasteiger partial charge in [-0.3, -0.25) is 9.59 Å². The number of carboxylic acid groups (broad SMARTS) is 1. The Labute approximate surface area is 159 Å². The number of carbonyl (C=O) groups excluding carboxylic acids is 1. The van der Waals surface area contributed by atoms with Crippen LogP contribution in [-0.4, -0.2) is 33.3 Å². The molecule has 7 nitrogen and oxygen atoms in total. The molecule has 28 heavy (non-hydrogen) atoms. The summed E-state index contributed by atoms with van der Waals surface area (Å²) in [6.45, 7) is 1.93. The lowest BCUT2D eigenvalue weighted by molar-refractivity contribution is -0.212. The minimum atomic E-state index is -4.61. The van der Waals surface area contributed by atoms with Gasteiger partial charge in [0, 0.05) is 12.1 Å². The average molecular weight is 399 g/mol. The van der Waals surface area contributed by atoms with Crippen molar-refractivity contribution in [2.75, 3.05) is 6.54 Å². The number of nitrogens with one attached hydrogen (secondary N) is 1. The Bertz CT molecular complexity index is 803. The first-order valence-electron chi connectivity index (χ1n) is 8.59. The molecule has 152 valence electrons. The van der Waals surface area contributed by atoms with Crippen LogP contribution in [0.25, 0.3) is 0 Å². The molecule has 0 spiro atoms. The SMILES string of the molecule is CCCC(Oc1cnn(C(F)(F)F)c1)c1ccc(C(=O)NCCC(=O)O)cc1. The van der Waals surface area contributed by atoms with Gasteiger partial charge >= 0.3 is 12.3 Å². The molecular weight excluding hydrogens is 379 g/mol. The molecule has 2 N–H and O–H groups in total. The highest BCUT2D eigenvalue weighted by molar-refractivity contribution is 5.94. The van der Waals surface area contributed by atoms with Crippen LogP contribution in [0.4, 0.5) is 13.2 Å². The number of amides is 1. The summed E-state index contributed by atoms with van der Waals surface area (Å²) in [5.41, 5.74) is 1.04. The number of hydrogen-bond acceptors (Lipinski definition) is 4. The van der Waals surface area contributed by atoms with Gasteiger partial charge in [-0.25, -0.2) is 0 Å². The Morgan fingerprint density at radius 2 is 1.96 bits per heavy atom. The molecule has 0 aliphatic heterocycles. The number of alkyl halides is 3. The van der Waals surface area contributed by atoms with E-state index in [1.165, 1.54) is 0 Å². The normalized spacial score (nSPS) is 12.4. The number of rotatable bonds is 9. The molecule has 0 aliphatic rings. The summed E-state index contributed by atoms with van der Waals surface area (Å²) < 4.78 is 43.4.